The lowest BCUT2D eigenvalue weighted by molar-refractivity contribution is -0.384. The second-order valence-electron chi connectivity index (χ2n) is 8.33. The van der Waals surface area contributed by atoms with Crippen molar-refractivity contribution >= 4 is 53.9 Å². The number of aromatic nitrogens is 1. The van der Waals surface area contributed by atoms with Crippen LogP contribution < -0.4 is 4.90 Å². The third-order valence-corrected chi connectivity index (χ3v) is 7.92. The predicted molar refractivity (Wildman–Crippen MR) is 133 cm³/mol. The summed E-state index contributed by atoms with van der Waals surface area (Å²) in [6.45, 7) is 1.63. The number of furan rings is 1. The van der Waals surface area contributed by atoms with E-state index in [2.05, 4.69) is 4.98 Å². The van der Waals surface area contributed by atoms with Crippen LogP contribution in [0.4, 0.5) is 10.8 Å². The molecule has 0 spiro atoms. The number of amides is 1. The summed E-state index contributed by atoms with van der Waals surface area (Å²) in [6, 6.07) is 11.3. The number of carbonyl (C=O) groups is 2. The molecule has 3 heterocycles. The van der Waals surface area contributed by atoms with Gasteiger partial charge < -0.3 is 9.52 Å². The van der Waals surface area contributed by atoms with Gasteiger partial charge in [0.05, 0.1) is 31.7 Å². The molecule has 2 aromatic heterocycles. The Morgan fingerprint density at radius 2 is 1.95 bits per heavy atom. The van der Waals surface area contributed by atoms with E-state index in [-0.39, 0.29) is 32.6 Å². The lowest BCUT2D eigenvalue weighted by atomic mass is 9.95. The highest BCUT2D eigenvalue weighted by atomic mass is 32.2. The van der Waals surface area contributed by atoms with E-state index in [4.69, 9.17) is 4.42 Å². The van der Waals surface area contributed by atoms with Gasteiger partial charge in [0.1, 0.15) is 5.76 Å². The van der Waals surface area contributed by atoms with Crippen LogP contribution in [0.3, 0.4) is 0 Å². The van der Waals surface area contributed by atoms with Gasteiger partial charge in [-0.05, 0) is 42.8 Å². The Balaban J connectivity index is 1.69. The van der Waals surface area contributed by atoms with Gasteiger partial charge in [0, 0.05) is 18.4 Å². The minimum absolute atomic E-state index is 0.0585. The number of ketones is 1. The molecule has 13 heteroatoms. The maximum absolute atomic E-state index is 13.4. The molecule has 1 N–H and O–H groups in total. The van der Waals surface area contributed by atoms with Gasteiger partial charge in [-0.15, -0.1) is 0 Å². The number of anilines is 1. The van der Waals surface area contributed by atoms with Crippen molar-refractivity contribution in [3.05, 3.63) is 93.1 Å². The Bertz CT molecular complexity index is 1770. The maximum atomic E-state index is 13.4. The Morgan fingerprint density at radius 1 is 1.19 bits per heavy atom. The van der Waals surface area contributed by atoms with Gasteiger partial charge in [-0.3, -0.25) is 24.6 Å². The first kappa shape index (κ1) is 24.3. The molecular formula is C24H17N3O8S2. The van der Waals surface area contributed by atoms with Crippen LogP contribution in [0.1, 0.15) is 27.9 Å². The normalized spacial score (nSPS) is 16.1. The van der Waals surface area contributed by atoms with Gasteiger partial charge in [-0.1, -0.05) is 23.5 Å². The van der Waals surface area contributed by atoms with Crippen LogP contribution in [0.5, 0.6) is 0 Å². The number of thiazole rings is 1. The van der Waals surface area contributed by atoms with Crippen LogP contribution in [-0.4, -0.2) is 41.4 Å². The van der Waals surface area contributed by atoms with E-state index >= 15 is 0 Å². The van der Waals surface area contributed by atoms with Crippen molar-refractivity contribution in [2.24, 2.45) is 0 Å². The maximum Gasteiger partial charge on any atom is 0.296 e. The van der Waals surface area contributed by atoms with Crippen LogP contribution in [0.15, 0.2) is 75.2 Å². The average molecular weight is 540 g/mol. The summed E-state index contributed by atoms with van der Waals surface area (Å²) in [5.41, 5.74) is -0.0248. The Hall–Kier alpha value is -4.36. The first-order valence-electron chi connectivity index (χ1n) is 10.7. The molecule has 0 saturated carbocycles. The number of aryl methyl sites for hydroxylation is 1. The number of nitro benzene ring substituents is 1. The molecule has 1 atom stereocenters. The number of aliphatic hydroxyl groups is 1. The molecule has 188 valence electrons. The van der Waals surface area contributed by atoms with Crippen molar-refractivity contribution in [3.8, 4) is 0 Å². The first-order chi connectivity index (χ1) is 17.5. The highest BCUT2D eigenvalue weighted by molar-refractivity contribution is 7.90. The molecule has 0 aliphatic carbocycles. The molecule has 5 rings (SSSR count). The molecule has 0 radical (unpaired) electrons. The van der Waals surface area contributed by atoms with E-state index < -0.39 is 38.3 Å². The molecule has 0 saturated heterocycles. The number of carbonyl (C=O) groups excluding carboxylic acids is 2. The van der Waals surface area contributed by atoms with Crippen molar-refractivity contribution in [1.82, 2.24) is 4.98 Å². The first-order valence-corrected chi connectivity index (χ1v) is 13.4. The van der Waals surface area contributed by atoms with E-state index in [1.807, 2.05) is 0 Å². The van der Waals surface area contributed by atoms with E-state index in [1.54, 1.807) is 13.0 Å². The number of non-ortho nitro benzene ring substituents is 1. The third kappa shape index (κ3) is 4.17. The molecule has 0 fully saturated rings. The molecule has 1 amide bonds. The Labute approximate surface area is 213 Å². The minimum atomic E-state index is -3.51. The molecule has 1 unspecified atom stereocenters. The summed E-state index contributed by atoms with van der Waals surface area (Å²) in [5, 5.41) is 22.4. The van der Waals surface area contributed by atoms with Gasteiger partial charge in [0.15, 0.2) is 26.5 Å². The van der Waals surface area contributed by atoms with E-state index in [0.717, 1.165) is 22.5 Å². The fourth-order valence-electron chi connectivity index (χ4n) is 4.07. The summed E-state index contributed by atoms with van der Waals surface area (Å²) < 4.78 is 29.9. The summed E-state index contributed by atoms with van der Waals surface area (Å²) in [6.07, 6.45) is 1.06. The van der Waals surface area contributed by atoms with Gasteiger partial charge in [-0.25, -0.2) is 13.4 Å². The zero-order valence-corrected chi connectivity index (χ0v) is 20.9. The van der Waals surface area contributed by atoms with Crippen LogP contribution in [-0.2, 0) is 14.6 Å². The fourth-order valence-corrected chi connectivity index (χ4v) is 5.83. The SMILES string of the molecule is Cc1ccc(C(=O)C2=C(O)C(=O)N(c3nc4ccc(S(C)(=O)=O)cc4s3)C2c2cccc([N+](=O)[O-])c2)o1. The quantitative estimate of drug-likeness (QED) is 0.214. The third-order valence-electron chi connectivity index (χ3n) is 5.80. The smallest absolute Gasteiger partial charge is 0.296 e. The molecule has 1 aliphatic rings. The minimum Gasteiger partial charge on any atom is -0.503 e. The molecule has 1 aliphatic heterocycles. The summed E-state index contributed by atoms with van der Waals surface area (Å²) >= 11 is 0.976. The number of hydrogen-bond acceptors (Lipinski definition) is 10. The van der Waals surface area contributed by atoms with Gasteiger partial charge in [-0.2, -0.15) is 0 Å². The number of nitro groups is 1. The zero-order chi connectivity index (χ0) is 26.6. The second kappa shape index (κ2) is 8.64. The summed E-state index contributed by atoms with van der Waals surface area (Å²) in [4.78, 5) is 43.1. The van der Waals surface area contributed by atoms with Gasteiger partial charge in [0.2, 0.25) is 5.78 Å². The zero-order valence-electron chi connectivity index (χ0n) is 19.2. The summed E-state index contributed by atoms with van der Waals surface area (Å²) in [7, 11) is -3.51. The number of hydrogen-bond donors (Lipinski definition) is 1. The highest BCUT2D eigenvalue weighted by Gasteiger charge is 2.47. The number of aliphatic hydroxyl groups excluding tert-OH is 1. The van der Waals surface area contributed by atoms with Crippen molar-refractivity contribution in [3.63, 3.8) is 0 Å². The molecule has 11 nitrogen and oxygen atoms in total. The van der Waals surface area contributed by atoms with E-state index in [9.17, 15) is 33.2 Å². The number of sulfone groups is 1. The molecule has 0 bridgehead atoms. The van der Waals surface area contributed by atoms with Crippen LogP contribution in [0.2, 0.25) is 0 Å². The van der Waals surface area contributed by atoms with Crippen molar-refractivity contribution in [1.29, 1.82) is 0 Å². The van der Waals surface area contributed by atoms with Gasteiger partial charge in [0.25, 0.3) is 11.6 Å². The van der Waals surface area contributed by atoms with Crippen molar-refractivity contribution < 1.29 is 32.5 Å². The van der Waals surface area contributed by atoms with Crippen molar-refractivity contribution in [2.45, 2.75) is 17.9 Å². The fraction of sp³-hybridized carbons (Fsp3) is 0.125. The monoisotopic (exact) mass is 539 g/mol. The standard InChI is InChI=1S/C24H17N3O8S2/c1-12-6-9-17(35-12)21(28)19-20(13-4-3-5-14(10-13)27(31)32)26(23(30)22(19)29)24-25-16-8-7-15(37(2,33)34)11-18(16)36-24/h3-11,20,29H,1-2H3. The second-order valence-corrected chi connectivity index (χ2v) is 11.4. The molecular weight excluding hydrogens is 522 g/mol. The Morgan fingerprint density at radius 3 is 2.59 bits per heavy atom. The molecule has 37 heavy (non-hydrogen) atoms. The van der Waals surface area contributed by atoms with Crippen LogP contribution in [0, 0.1) is 17.0 Å². The van der Waals surface area contributed by atoms with Crippen molar-refractivity contribution in [2.75, 3.05) is 11.2 Å². The lowest BCUT2D eigenvalue weighted by Gasteiger charge is -2.24. The van der Waals surface area contributed by atoms with Gasteiger partial charge >= 0.3 is 0 Å². The number of Topliss-reactive ketones (excluding diaryl/α,β-unsaturated/α-hetero) is 1. The topological polar surface area (TPSA) is 161 Å². The number of rotatable bonds is 6. The predicted octanol–water partition coefficient (Wildman–Crippen LogP) is 4.29. The molecule has 2 aromatic carbocycles. The van der Waals surface area contributed by atoms with Crippen LogP contribution in [0.25, 0.3) is 10.2 Å². The van der Waals surface area contributed by atoms with E-state index in [1.165, 1.54) is 48.5 Å². The number of benzene rings is 2. The number of nitrogens with zero attached hydrogens (tertiary/aromatic N) is 3. The van der Waals surface area contributed by atoms with Crippen LogP contribution >= 0.6 is 11.3 Å². The van der Waals surface area contributed by atoms with E-state index in [0.29, 0.717) is 16.0 Å². The highest BCUT2D eigenvalue weighted by Crippen LogP contribution is 2.45. The molecule has 4 aromatic rings. The largest absolute Gasteiger partial charge is 0.503 e. The Kier molecular flexibility index (Phi) is 5.68. The summed E-state index contributed by atoms with van der Waals surface area (Å²) in [5.74, 6) is -2.23. The number of fused-ring (bicyclic) bond motifs is 1. The average Bonchev–Trinajstić information content (AvgIpc) is 3.53. The lowest BCUT2D eigenvalue weighted by Crippen LogP contribution is -2.31.